The van der Waals surface area contributed by atoms with E-state index in [0.717, 1.165) is 11.8 Å². The minimum absolute atomic E-state index is 0.0339. The summed E-state index contributed by atoms with van der Waals surface area (Å²) in [4.78, 5) is 51.3. The number of aryl methyl sites for hydroxylation is 1. The number of esters is 1. The molecule has 0 radical (unpaired) electrons. The van der Waals surface area contributed by atoms with Gasteiger partial charge in [0.2, 0.25) is 17.7 Å². The molecular formula is C19H28N4O6S. The Balaban J connectivity index is 1.65. The molecule has 1 saturated heterocycles. The number of hydrogen-bond donors (Lipinski definition) is 1. The van der Waals surface area contributed by atoms with Crippen molar-refractivity contribution in [3.05, 3.63) is 11.8 Å². The smallest absolute Gasteiger partial charge is 0.309 e. The summed E-state index contributed by atoms with van der Waals surface area (Å²) in [6.07, 6.45) is 1.14. The molecule has 0 aliphatic carbocycles. The van der Waals surface area contributed by atoms with Crippen molar-refractivity contribution in [3.8, 4) is 0 Å². The number of rotatable bonds is 9. The zero-order valence-electron chi connectivity index (χ0n) is 17.5. The number of aromatic nitrogens is 1. The second-order valence-corrected chi connectivity index (χ2v) is 8.01. The van der Waals surface area contributed by atoms with Gasteiger partial charge in [0.1, 0.15) is 5.76 Å². The average molecular weight is 441 g/mol. The molecule has 11 heteroatoms. The van der Waals surface area contributed by atoms with Gasteiger partial charge in [-0.3, -0.25) is 19.2 Å². The highest BCUT2D eigenvalue weighted by molar-refractivity contribution is 8.00. The first-order chi connectivity index (χ1) is 14.3. The topological polar surface area (TPSA) is 122 Å². The van der Waals surface area contributed by atoms with Crippen molar-refractivity contribution in [1.29, 1.82) is 0 Å². The summed E-state index contributed by atoms with van der Waals surface area (Å²) in [7, 11) is 1.56. The van der Waals surface area contributed by atoms with Gasteiger partial charge in [-0.1, -0.05) is 5.16 Å². The molecule has 1 N–H and O–H groups in total. The number of likely N-dealkylation sites (tertiary alicyclic amines) is 1. The summed E-state index contributed by atoms with van der Waals surface area (Å²) in [5.74, 6) is 0.0272. The molecule has 1 aromatic rings. The Morgan fingerprint density at radius 3 is 2.60 bits per heavy atom. The number of piperidine rings is 1. The lowest BCUT2D eigenvalue weighted by Crippen LogP contribution is -2.46. The Hall–Kier alpha value is -2.56. The predicted molar refractivity (Wildman–Crippen MR) is 111 cm³/mol. The van der Waals surface area contributed by atoms with Crippen LogP contribution in [-0.2, 0) is 23.9 Å². The van der Waals surface area contributed by atoms with Gasteiger partial charge in [-0.2, -0.15) is 0 Å². The average Bonchev–Trinajstić information content (AvgIpc) is 3.12. The first-order valence-corrected chi connectivity index (χ1v) is 10.9. The van der Waals surface area contributed by atoms with Crippen molar-refractivity contribution >= 4 is 41.3 Å². The molecule has 0 spiro atoms. The first kappa shape index (κ1) is 23.7. The van der Waals surface area contributed by atoms with Crippen LogP contribution in [0.2, 0.25) is 0 Å². The van der Waals surface area contributed by atoms with Crippen LogP contribution in [0.15, 0.2) is 10.6 Å². The molecule has 1 aliphatic rings. The molecule has 0 aromatic carbocycles. The number of carbonyl (C=O) groups is 4. The van der Waals surface area contributed by atoms with E-state index in [4.69, 9.17) is 9.26 Å². The van der Waals surface area contributed by atoms with Gasteiger partial charge in [0.05, 0.1) is 30.6 Å². The highest BCUT2D eigenvalue weighted by Crippen LogP contribution is 2.19. The van der Waals surface area contributed by atoms with E-state index in [9.17, 15) is 19.2 Å². The van der Waals surface area contributed by atoms with Crippen LogP contribution in [0.3, 0.4) is 0 Å². The summed E-state index contributed by atoms with van der Waals surface area (Å²) < 4.78 is 9.89. The van der Waals surface area contributed by atoms with E-state index in [1.807, 2.05) is 0 Å². The number of likely N-dealkylation sites (N-methyl/N-ethyl adjacent to an activating group) is 1. The molecule has 3 amide bonds. The van der Waals surface area contributed by atoms with Crippen molar-refractivity contribution < 1.29 is 28.4 Å². The quantitative estimate of drug-likeness (QED) is 0.563. The SMILES string of the molecule is CCOC(=O)C1CCN(C(=O)CN(C)C(=O)CSCC(=O)Nc2cc(C)on2)CC1. The fourth-order valence-corrected chi connectivity index (χ4v) is 3.72. The third kappa shape index (κ3) is 7.36. The molecule has 1 fully saturated rings. The number of nitrogens with one attached hydrogen (secondary N) is 1. The summed E-state index contributed by atoms with van der Waals surface area (Å²) in [6, 6.07) is 1.60. The number of anilines is 1. The molecule has 10 nitrogen and oxygen atoms in total. The molecule has 0 atom stereocenters. The number of amides is 3. The van der Waals surface area contributed by atoms with E-state index in [-0.39, 0.29) is 47.7 Å². The summed E-state index contributed by atoms with van der Waals surface area (Å²) >= 11 is 1.16. The molecule has 2 rings (SSSR count). The summed E-state index contributed by atoms with van der Waals surface area (Å²) in [5.41, 5.74) is 0. The largest absolute Gasteiger partial charge is 0.466 e. The maximum atomic E-state index is 12.4. The van der Waals surface area contributed by atoms with Crippen LogP contribution in [0, 0.1) is 12.8 Å². The van der Waals surface area contributed by atoms with E-state index in [0.29, 0.717) is 44.1 Å². The van der Waals surface area contributed by atoms with Gasteiger partial charge >= 0.3 is 5.97 Å². The Labute approximate surface area is 179 Å². The van der Waals surface area contributed by atoms with Crippen LogP contribution in [0.1, 0.15) is 25.5 Å². The van der Waals surface area contributed by atoms with E-state index in [1.54, 1.807) is 31.9 Å². The second-order valence-electron chi connectivity index (χ2n) is 7.02. The lowest BCUT2D eigenvalue weighted by atomic mass is 9.97. The van der Waals surface area contributed by atoms with Crippen LogP contribution in [0.5, 0.6) is 0 Å². The van der Waals surface area contributed by atoms with Gasteiger partial charge in [0, 0.05) is 26.2 Å². The molecule has 30 heavy (non-hydrogen) atoms. The van der Waals surface area contributed by atoms with Gasteiger partial charge in [0.15, 0.2) is 5.82 Å². The van der Waals surface area contributed by atoms with Crippen LogP contribution in [-0.4, -0.2) is 83.4 Å². The fourth-order valence-electron chi connectivity index (χ4n) is 2.96. The number of ether oxygens (including phenoxy) is 1. The number of thioether (sulfide) groups is 1. The lowest BCUT2D eigenvalue weighted by Gasteiger charge is -2.32. The van der Waals surface area contributed by atoms with E-state index >= 15 is 0 Å². The molecule has 1 aliphatic heterocycles. The van der Waals surface area contributed by atoms with Gasteiger partial charge in [-0.05, 0) is 26.7 Å². The molecule has 166 valence electrons. The van der Waals surface area contributed by atoms with E-state index < -0.39 is 0 Å². The van der Waals surface area contributed by atoms with Crippen molar-refractivity contribution in [3.63, 3.8) is 0 Å². The fraction of sp³-hybridized carbons (Fsp3) is 0.632. The number of carbonyl (C=O) groups excluding carboxylic acids is 4. The van der Waals surface area contributed by atoms with E-state index in [2.05, 4.69) is 10.5 Å². The van der Waals surface area contributed by atoms with E-state index in [1.165, 1.54) is 4.90 Å². The minimum atomic E-state index is -0.288. The van der Waals surface area contributed by atoms with Crippen molar-refractivity contribution in [2.24, 2.45) is 5.92 Å². The maximum absolute atomic E-state index is 12.4. The summed E-state index contributed by atoms with van der Waals surface area (Å²) in [6.45, 7) is 4.75. The molecule has 0 bridgehead atoms. The van der Waals surface area contributed by atoms with Crippen LogP contribution >= 0.6 is 11.8 Å². The number of nitrogens with zero attached hydrogens (tertiary/aromatic N) is 3. The van der Waals surface area contributed by atoms with Crippen molar-refractivity contribution in [2.75, 3.05) is 50.1 Å². The Morgan fingerprint density at radius 1 is 1.30 bits per heavy atom. The standard InChI is InChI=1S/C19H28N4O6S/c1-4-28-19(27)14-5-7-23(8-6-14)17(25)10-22(3)18(26)12-30-11-16(24)20-15-9-13(2)29-21-15/h9,14H,4-8,10-12H2,1-3H3,(H,20,21,24). The Morgan fingerprint density at radius 2 is 2.00 bits per heavy atom. The monoisotopic (exact) mass is 440 g/mol. The van der Waals surface area contributed by atoms with Crippen LogP contribution in [0.25, 0.3) is 0 Å². The number of hydrogen-bond acceptors (Lipinski definition) is 8. The molecule has 1 aromatic heterocycles. The van der Waals surface area contributed by atoms with Gasteiger partial charge < -0.3 is 24.4 Å². The third-order valence-corrected chi connectivity index (χ3v) is 5.54. The van der Waals surface area contributed by atoms with Gasteiger partial charge in [0.25, 0.3) is 0 Å². The normalized spacial score (nSPS) is 14.3. The first-order valence-electron chi connectivity index (χ1n) is 9.79. The van der Waals surface area contributed by atoms with Gasteiger partial charge in [-0.15, -0.1) is 11.8 Å². The molecule has 2 heterocycles. The highest BCUT2D eigenvalue weighted by atomic mass is 32.2. The minimum Gasteiger partial charge on any atom is -0.466 e. The summed E-state index contributed by atoms with van der Waals surface area (Å²) in [5, 5.41) is 6.25. The van der Waals surface area contributed by atoms with Crippen LogP contribution < -0.4 is 5.32 Å². The lowest BCUT2D eigenvalue weighted by molar-refractivity contribution is -0.151. The molecule has 0 unspecified atom stereocenters. The van der Waals surface area contributed by atoms with Crippen molar-refractivity contribution in [2.45, 2.75) is 26.7 Å². The highest BCUT2D eigenvalue weighted by Gasteiger charge is 2.28. The Kier molecular flexibility index (Phi) is 9.15. The maximum Gasteiger partial charge on any atom is 0.309 e. The zero-order chi connectivity index (χ0) is 22.1. The molecular weight excluding hydrogens is 412 g/mol. The van der Waals surface area contributed by atoms with Crippen LogP contribution in [0.4, 0.5) is 5.82 Å². The second kappa shape index (κ2) is 11.6. The third-order valence-electron chi connectivity index (χ3n) is 4.62. The van der Waals surface area contributed by atoms with Gasteiger partial charge in [-0.25, -0.2) is 0 Å². The zero-order valence-corrected chi connectivity index (χ0v) is 18.3. The molecule has 0 saturated carbocycles. The van der Waals surface area contributed by atoms with Crippen molar-refractivity contribution in [1.82, 2.24) is 15.0 Å². The Bertz CT molecular complexity index is 760. The predicted octanol–water partition coefficient (Wildman–Crippen LogP) is 0.915.